The molecule has 0 radical (unpaired) electrons. The lowest BCUT2D eigenvalue weighted by molar-refractivity contribution is -0.149. The fourth-order valence-corrected chi connectivity index (χ4v) is 4.82. The number of imidazole rings is 1. The highest BCUT2D eigenvalue weighted by Gasteiger charge is 2.34. The molecule has 5 rings (SSSR count). The summed E-state index contributed by atoms with van der Waals surface area (Å²) in [6.07, 6.45) is -5.12. The third kappa shape index (κ3) is 4.61. The Labute approximate surface area is 212 Å². The highest BCUT2D eigenvalue weighted by molar-refractivity contribution is 5.79. The number of rotatable bonds is 5. The fourth-order valence-electron chi connectivity index (χ4n) is 4.82. The Bertz CT molecular complexity index is 1510. The number of esters is 1. The number of ether oxygens (including phenoxy) is 2. The van der Waals surface area contributed by atoms with Gasteiger partial charge in [0.2, 0.25) is 0 Å². The van der Waals surface area contributed by atoms with Crippen LogP contribution in [-0.4, -0.2) is 21.6 Å². The molecule has 0 saturated heterocycles. The Morgan fingerprint density at radius 2 is 1.92 bits per heavy atom. The maximum absolute atomic E-state index is 13.2. The molecular formula is C28H26F3N3O3. The van der Waals surface area contributed by atoms with Crippen LogP contribution in [0.25, 0.3) is 16.7 Å². The summed E-state index contributed by atoms with van der Waals surface area (Å²) in [5.41, 5.74) is 4.75. The van der Waals surface area contributed by atoms with Gasteiger partial charge in [-0.1, -0.05) is 12.1 Å². The highest BCUT2D eigenvalue weighted by Crippen LogP contribution is 2.40. The molecule has 0 bridgehead atoms. The molecule has 192 valence electrons. The molecule has 0 saturated carbocycles. The van der Waals surface area contributed by atoms with Crippen LogP contribution in [0.1, 0.15) is 48.0 Å². The number of alkyl halides is 3. The van der Waals surface area contributed by atoms with Gasteiger partial charge in [0.25, 0.3) is 0 Å². The Balaban J connectivity index is 1.40. The van der Waals surface area contributed by atoms with Crippen LogP contribution in [0.2, 0.25) is 0 Å². The largest absolute Gasteiger partial charge is 0.486 e. The average Bonchev–Trinajstić information content (AvgIpc) is 3.32. The van der Waals surface area contributed by atoms with E-state index in [1.165, 1.54) is 13.0 Å². The zero-order chi connectivity index (χ0) is 26.5. The van der Waals surface area contributed by atoms with Crippen molar-refractivity contribution in [1.82, 2.24) is 9.55 Å². The zero-order valence-corrected chi connectivity index (χ0v) is 20.8. The van der Waals surface area contributed by atoms with E-state index in [0.29, 0.717) is 29.2 Å². The van der Waals surface area contributed by atoms with Crippen molar-refractivity contribution in [2.24, 2.45) is 0 Å². The number of benzene rings is 3. The van der Waals surface area contributed by atoms with E-state index in [1.807, 2.05) is 54.8 Å². The van der Waals surface area contributed by atoms with Gasteiger partial charge >= 0.3 is 12.1 Å². The lowest BCUT2D eigenvalue weighted by Crippen LogP contribution is -2.18. The lowest BCUT2D eigenvalue weighted by Gasteiger charge is -2.16. The van der Waals surface area contributed by atoms with E-state index in [1.54, 1.807) is 6.92 Å². The van der Waals surface area contributed by atoms with Gasteiger partial charge in [0.1, 0.15) is 17.7 Å². The minimum atomic E-state index is -4.42. The van der Waals surface area contributed by atoms with Crippen LogP contribution in [0.4, 0.5) is 18.9 Å². The Hall–Kier alpha value is -4.01. The summed E-state index contributed by atoms with van der Waals surface area (Å²) >= 11 is 0. The van der Waals surface area contributed by atoms with Gasteiger partial charge in [0.15, 0.2) is 6.10 Å². The molecule has 9 heteroatoms. The minimum Gasteiger partial charge on any atom is -0.486 e. The first-order valence-electron chi connectivity index (χ1n) is 11.9. The number of halogens is 3. The van der Waals surface area contributed by atoms with E-state index in [-0.39, 0.29) is 12.1 Å². The fraction of sp³-hybridized carbons (Fsp3) is 0.286. The van der Waals surface area contributed by atoms with Gasteiger partial charge in [-0.15, -0.1) is 0 Å². The third-order valence-corrected chi connectivity index (χ3v) is 6.64. The standard InChI is InChI=1S/C28H26F3N3O3/c1-15-19(14-32-21-9-10-22-26(13-21)36-16(2)27(22)37-18(4)35)6-5-7-24(15)34-17(3)33-23-12-20(28(29,30)31)8-11-25(23)34/h5-13,16,27,32H,14H2,1-4H3/t16?,27-/m1/s1. The number of carbonyl (C=O) groups excluding carboxylic acids is 1. The summed E-state index contributed by atoms with van der Waals surface area (Å²) in [4.78, 5) is 15.8. The van der Waals surface area contributed by atoms with Crippen LogP contribution in [0, 0.1) is 13.8 Å². The molecule has 0 spiro atoms. The van der Waals surface area contributed by atoms with E-state index in [9.17, 15) is 18.0 Å². The number of aromatic nitrogens is 2. The molecule has 2 atom stereocenters. The second-order valence-electron chi connectivity index (χ2n) is 9.22. The van der Waals surface area contributed by atoms with Gasteiger partial charge in [0, 0.05) is 30.8 Å². The number of anilines is 1. The van der Waals surface area contributed by atoms with Crippen LogP contribution in [0.15, 0.2) is 54.6 Å². The molecule has 1 aliphatic heterocycles. The van der Waals surface area contributed by atoms with Crippen molar-refractivity contribution in [3.63, 3.8) is 0 Å². The number of hydrogen-bond acceptors (Lipinski definition) is 5. The molecule has 2 heterocycles. The third-order valence-electron chi connectivity index (χ3n) is 6.64. The van der Waals surface area contributed by atoms with E-state index in [4.69, 9.17) is 9.47 Å². The van der Waals surface area contributed by atoms with E-state index in [0.717, 1.165) is 40.2 Å². The van der Waals surface area contributed by atoms with Gasteiger partial charge < -0.3 is 14.8 Å². The van der Waals surface area contributed by atoms with Crippen molar-refractivity contribution >= 4 is 22.7 Å². The molecule has 0 fully saturated rings. The molecule has 1 N–H and O–H groups in total. The van der Waals surface area contributed by atoms with Crippen LogP contribution < -0.4 is 10.1 Å². The molecule has 1 aromatic heterocycles. The van der Waals surface area contributed by atoms with Crippen molar-refractivity contribution in [2.45, 2.75) is 52.6 Å². The second-order valence-corrected chi connectivity index (χ2v) is 9.22. The average molecular weight is 510 g/mol. The summed E-state index contributed by atoms with van der Waals surface area (Å²) in [5.74, 6) is 0.926. The lowest BCUT2D eigenvalue weighted by atomic mass is 10.0. The van der Waals surface area contributed by atoms with E-state index >= 15 is 0 Å². The number of aryl methyl sites for hydroxylation is 1. The minimum absolute atomic E-state index is 0.270. The van der Waals surface area contributed by atoms with E-state index in [2.05, 4.69) is 10.3 Å². The Morgan fingerprint density at radius 3 is 2.65 bits per heavy atom. The van der Waals surface area contributed by atoms with Crippen LogP contribution >= 0.6 is 0 Å². The number of nitrogens with one attached hydrogen (secondary N) is 1. The zero-order valence-electron chi connectivity index (χ0n) is 20.8. The maximum atomic E-state index is 13.2. The molecular weight excluding hydrogens is 483 g/mol. The van der Waals surface area contributed by atoms with Gasteiger partial charge in [-0.2, -0.15) is 13.2 Å². The first-order chi connectivity index (χ1) is 17.5. The number of carbonyl (C=O) groups is 1. The SMILES string of the molecule is CC(=O)O[C@H]1c2ccc(NCc3cccc(-n4c(C)nc5cc(C(F)(F)F)ccc54)c3C)cc2OC1C. The number of nitrogens with zero attached hydrogens (tertiary/aromatic N) is 2. The summed E-state index contributed by atoms with van der Waals surface area (Å²) in [6, 6.07) is 15.2. The molecule has 4 aromatic rings. The first-order valence-corrected chi connectivity index (χ1v) is 11.9. The van der Waals surface area contributed by atoms with Crippen molar-refractivity contribution < 1.29 is 27.4 Å². The van der Waals surface area contributed by atoms with Crippen molar-refractivity contribution in [3.05, 3.63) is 82.7 Å². The topological polar surface area (TPSA) is 65.4 Å². The molecule has 0 aliphatic carbocycles. The maximum Gasteiger partial charge on any atom is 0.416 e. The molecule has 0 amide bonds. The van der Waals surface area contributed by atoms with Crippen molar-refractivity contribution in [2.75, 3.05) is 5.32 Å². The summed E-state index contributed by atoms with van der Waals surface area (Å²) in [6.45, 7) is 7.53. The monoisotopic (exact) mass is 509 g/mol. The van der Waals surface area contributed by atoms with Crippen LogP contribution in [0.5, 0.6) is 5.75 Å². The normalized spacial score (nSPS) is 16.9. The van der Waals surface area contributed by atoms with Crippen LogP contribution in [0.3, 0.4) is 0 Å². The molecule has 1 aliphatic rings. The summed E-state index contributed by atoms with van der Waals surface area (Å²) in [7, 11) is 0. The number of hydrogen-bond donors (Lipinski definition) is 1. The van der Waals surface area contributed by atoms with Crippen LogP contribution in [-0.2, 0) is 22.3 Å². The molecule has 1 unspecified atom stereocenters. The van der Waals surface area contributed by atoms with Gasteiger partial charge in [-0.3, -0.25) is 9.36 Å². The highest BCUT2D eigenvalue weighted by atomic mass is 19.4. The molecule has 37 heavy (non-hydrogen) atoms. The van der Waals surface area contributed by atoms with Gasteiger partial charge in [-0.05, 0) is 68.3 Å². The smallest absolute Gasteiger partial charge is 0.416 e. The second kappa shape index (κ2) is 9.14. The quantitative estimate of drug-likeness (QED) is 0.305. The predicted molar refractivity (Wildman–Crippen MR) is 134 cm³/mol. The molecule has 6 nitrogen and oxygen atoms in total. The summed E-state index contributed by atoms with van der Waals surface area (Å²) in [5, 5.41) is 3.41. The van der Waals surface area contributed by atoms with E-state index < -0.39 is 17.8 Å². The first kappa shape index (κ1) is 24.7. The molecule has 3 aromatic carbocycles. The van der Waals surface area contributed by atoms with Gasteiger partial charge in [0.05, 0.1) is 22.3 Å². The van der Waals surface area contributed by atoms with Crippen molar-refractivity contribution in [1.29, 1.82) is 0 Å². The number of fused-ring (bicyclic) bond motifs is 2. The summed E-state index contributed by atoms with van der Waals surface area (Å²) < 4.78 is 52.7. The van der Waals surface area contributed by atoms with Crippen molar-refractivity contribution in [3.8, 4) is 11.4 Å². The van der Waals surface area contributed by atoms with Gasteiger partial charge in [-0.25, -0.2) is 4.98 Å². The predicted octanol–water partition coefficient (Wildman–Crippen LogP) is 6.66. The Morgan fingerprint density at radius 1 is 1.14 bits per heavy atom. The Kier molecular flexibility index (Phi) is 6.09.